The number of likely N-dealkylation sites (tertiary alicyclic amines) is 1. The van der Waals surface area contributed by atoms with E-state index in [-0.39, 0.29) is 12.2 Å². The second kappa shape index (κ2) is 5.16. The molecule has 2 aromatic rings. The summed E-state index contributed by atoms with van der Waals surface area (Å²) in [6.45, 7) is 4.15. The fourth-order valence-electron chi connectivity index (χ4n) is 3.13. The van der Waals surface area contributed by atoms with Crippen molar-refractivity contribution in [1.82, 2.24) is 9.47 Å². The molecule has 1 aromatic heterocycles. The van der Waals surface area contributed by atoms with E-state index in [1.165, 1.54) is 16.5 Å². The molecule has 0 bridgehead atoms. The topological polar surface area (TPSA) is 54.7 Å². The monoisotopic (exact) mass is 288 g/mol. The predicted molar refractivity (Wildman–Crippen MR) is 80.2 cm³/mol. The molecule has 1 N–H and O–H groups in total. The molecule has 1 aliphatic rings. The minimum atomic E-state index is -0.913. The highest BCUT2D eigenvalue weighted by molar-refractivity contribution is 5.83. The molecule has 0 amide bonds. The summed E-state index contributed by atoms with van der Waals surface area (Å²) in [6, 6.07) is 8.37. The predicted octanol–water partition coefficient (Wildman–Crippen LogP) is 1.85. The molecular weight excluding hydrogens is 268 g/mol. The van der Waals surface area contributed by atoms with E-state index in [1.807, 2.05) is 13.0 Å². The lowest BCUT2D eigenvalue weighted by molar-refractivity contribution is -0.165. The van der Waals surface area contributed by atoms with Gasteiger partial charge in [0.25, 0.3) is 0 Å². The SMILES string of the molecule is Cn1cc(CN2CC(C)(OCC(=O)O)C2)c2ccccc21. The Labute approximate surface area is 123 Å². The van der Waals surface area contributed by atoms with Crippen LogP contribution in [-0.4, -0.2) is 45.8 Å². The fourth-order valence-corrected chi connectivity index (χ4v) is 3.13. The maximum absolute atomic E-state index is 10.6. The number of benzene rings is 1. The van der Waals surface area contributed by atoms with Crippen LogP contribution < -0.4 is 0 Å². The van der Waals surface area contributed by atoms with Crippen molar-refractivity contribution in [2.45, 2.75) is 19.1 Å². The molecule has 0 unspecified atom stereocenters. The summed E-state index contributed by atoms with van der Waals surface area (Å²) in [4.78, 5) is 12.8. The first-order valence-corrected chi connectivity index (χ1v) is 7.08. The minimum Gasteiger partial charge on any atom is -0.480 e. The molecule has 1 fully saturated rings. The van der Waals surface area contributed by atoms with Gasteiger partial charge in [-0.25, -0.2) is 4.79 Å². The molecule has 5 heteroatoms. The van der Waals surface area contributed by atoms with Crippen molar-refractivity contribution in [3.05, 3.63) is 36.0 Å². The highest BCUT2D eigenvalue weighted by Gasteiger charge is 2.40. The van der Waals surface area contributed by atoms with Gasteiger partial charge in [0, 0.05) is 43.8 Å². The number of ether oxygens (including phenoxy) is 1. The van der Waals surface area contributed by atoms with Gasteiger partial charge in [-0.3, -0.25) is 4.90 Å². The Bertz CT molecular complexity index is 671. The second-order valence-corrected chi connectivity index (χ2v) is 6.06. The average Bonchev–Trinajstić information content (AvgIpc) is 2.72. The Kier molecular flexibility index (Phi) is 3.47. The number of fused-ring (bicyclic) bond motifs is 1. The Hall–Kier alpha value is -1.85. The van der Waals surface area contributed by atoms with Crippen LogP contribution in [0.25, 0.3) is 10.9 Å². The van der Waals surface area contributed by atoms with E-state index in [0.717, 1.165) is 19.6 Å². The summed E-state index contributed by atoms with van der Waals surface area (Å²) < 4.78 is 7.58. The molecule has 2 heterocycles. The Morgan fingerprint density at radius 1 is 1.38 bits per heavy atom. The zero-order valence-corrected chi connectivity index (χ0v) is 12.4. The summed E-state index contributed by atoms with van der Waals surface area (Å²) in [5.41, 5.74) is 2.20. The summed E-state index contributed by atoms with van der Waals surface area (Å²) >= 11 is 0. The summed E-state index contributed by atoms with van der Waals surface area (Å²) in [5.74, 6) is -0.913. The van der Waals surface area contributed by atoms with Crippen LogP contribution in [-0.2, 0) is 23.1 Å². The number of aliphatic carboxylic acids is 1. The van der Waals surface area contributed by atoms with Crippen molar-refractivity contribution in [1.29, 1.82) is 0 Å². The lowest BCUT2D eigenvalue weighted by atomic mass is 9.95. The minimum absolute atomic E-state index is 0.224. The third kappa shape index (κ3) is 2.80. The van der Waals surface area contributed by atoms with Crippen molar-refractivity contribution < 1.29 is 14.6 Å². The van der Waals surface area contributed by atoms with Crippen LogP contribution in [0.2, 0.25) is 0 Å². The Morgan fingerprint density at radius 2 is 2.10 bits per heavy atom. The highest BCUT2D eigenvalue weighted by atomic mass is 16.5. The van der Waals surface area contributed by atoms with Crippen LogP contribution in [0.4, 0.5) is 0 Å². The third-order valence-electron chi connectivity index (χ3n) is 4.03. The number of rotatable bonds is 5. The van der Waals surface area contributed by atoms with E-state index in [4.69, 9.17) is 9.84 Å². The smallest absolute Gasteiger partial charge is 0.329 e. The van der Waals surface area contributed by atoms with Crippen molar-refractivity contribution >= 4 is 16.9 Å². The molecule has 1 aliphatic heterocycles. The summed E-state index contributed by atoms with van der Waals surface area (Å²) in [5, 5.41) is 9.96. The molecule has 3 rings (SSSR count). The molecule has 21 heavy (non-hydrogen) atoms. The Balaban J connectivity index is 1.65. The normalized spacial score (nSPS) is 17.8. The van der Waals surface area contributed by atoms with Gasteiger partial charge in [0.2, 0.25) is 0 Å². The number of nitrogens with zero attached hydrogens (tertiary/aromatic N) is 2. The molecule has 0 atom stereocenters. The summed E-state index contributed by atoms with van der Waals surface area (Å²) in [7, 11) is 2.06. The molecule has 1 saturated heterocycles. The van der Waals surface area contributed by atoms with Gasteiger partial charge in [-0.15, -0.1) is 0 Å². The van der Waals surface area contributed by atoms with E-state index in [1.54, 1.807) is 0 Å². The number of hydrogen-bond acceptors (Lipinski definition) is 3. The van der Waals surface area contributed by atoms with Gasteiger partial charge < -0.3 is 14.4 Å². The molecule has 0 spiro atoms. The van der Waals surface area contributed by atoms with Crippen LogP contribution in [0.1, 0.15) is 12.5 Å². The zero-order chi connectivity index (χ0) is 15.0. The van der Waals surface area contributed by atoms with Crippen molar-refractivity contribution in [3.8, 4) is 0 Å². The largest absolute Gasteiger partial charge is 0.480 e. The lowest BCUT2D eigenvalue weighted by Gasteiger charge is -2.47. The molecule has 112 valence electrons. The van der Waals surface area contributed by atoms with Crippen LogP contribution in [0, 0.1) is 0 Å². The lowest BCUT2D eigenvalue weighted by Crippen LogP contribution is -2.61. The number of para-hydroxylation sites is 1. The van der Waals surface area contributed by atoms with Crippen molar-refractivity contribution in [3.63, 3.8) is 0 Å². The number of hydrogen-bond donors (Lipinski definition) is 1. The van der Waals surface area contributed by atoms with Crippen LogP contribution in [0.3, 0.4) is 0 Å². The first-order chi connectivity index (χ1) is 9.97. The van der Waals surface area contributed by atoms with Gasteiger partial charge >= 0.3 is 5.97 Å². The number of aromatic nitrogens is 1. The molecule has 5 nitrogen and oxygen atoms in total. The van der Waals surface area contributed by atoms with Gasteiger partial charge in [0.15, 0.2) is 0 Å². The Morgan fingerprint density at radius 3 is 2.81 bits per heavy atom. The van der Waals surface area contributed by atoms with Gasteiger partial charge in [0.05, 0.1) is 5.60 Å². The van der Waals surface area contributed by atoms with Crippen LogP contribution in [0.5, 0.6) is 0 Å². The number of aryl methyl sites for hydroxylation is 1. The van der Waals surface area contributed by atoms with Crippen LogP contribution in [0.15, 0.2) is 30.5 Å². The standard InChI is InChI=1S/C16H20N2O3/c1-16(21-9-15(19)20)10-18(11-16)8-12-7-17(2)14-6-4-3-5-13(12)14/h3-7H,8-11H2,1-2H3,(H,19,20). The molecule has 0 radical (unpaired) electrons. The number of carboxylic acids is 1. The van der Waals surface area contributed by atoms with Crippen LogP contribution >= 0.6 is 0 Å². The van der Waals surface area contributed by atoms with Gasteiger partial charge in [-0.1, -0.05) is 18.2 Å². The van der Waals surface area contributed by atoms with Gasteiger partial charge in [-0.05, 0) is 18.6 Å². The maximum atomic E-state index is 10.6. The van der Waals surface area contributed by atoms with E-state index < -0.39 is 5.97 Å². The van der Waals surface area contributed by atoms with E-state index in [9.17, 15) is 4.79 Å². The summed E-state index contributed by atoms with van der Waals surface area (Å²) in [6.07, 6.45) is 2.17. The van der Waals surface area contributed by atoms with Crippen molar-refractivity contribution in [2.24, 2.45) is 7.05 Å². The zero-order valence-electron chi connectivity index (χ0n) is 12.4. The molecule has 1 aromatic carbocycles. The second-order valence-electron chi connectivity index (χ2n) is 6.06. The van der Waals surface area contributed by atoms with Crippen molar-refractivity contribution in [2.75, 3.05) is 19.7 Å². The molecular formula is C16H20N2O3. The number of carboxylic acid groups (broad SMARTS) is 1. The quantitative estimate of drug-likeness (QED) is 0.912. The van der Waals surface area contributed by atoms with E-state index >= 15 is 0 Å². The molecule has 0 aliphatic carbocycles. The van der Waals surface area contributed by atoms with E-state index in [0.29, 0.717) is 0 Å². The third-order valence-corrected chi connectivity index (χ3v) is 4.03. The highest BCUT2D eigenvalue weighted by Crippen LogP contribution is 2.29. The number of carbonyl (C=O) groups is 1. The van der Waals surface area contributed by atoms with E-state index in [2.05, 4.69) is 40.9 Å². The maximum Gasteiger partial charge on any atom is 0.329 e. The first-order valence-electron chi connectivity index (χ1n) is 7.08. The van der Waals surface area contributed by atoms with Gasteiger partial charge in [-0.2, -0.15) is 0 Å². The average molecular weight is 288 g/mol. The molecule has 0 saturated carbocycles. The first kappa shape index (κ1) is 14.1. The fraction of sp³-hybridized carbons (Fsp3) is 0.438. The van der Waals surface area contributed by atoms with Gasteiger partial charge in [0.1, 0.15) is 6.61 Å².